The molecule has 14 heavy (non-hydrogen) atoms. The molecule has 5 heteroatoms. The van der Waals surface area contributed by atoms with Crippen LogP contribution in [0, 0.1) is 11.8 Å². The Bertz CT molecular complexity index is 217. The van der Waals surface area contributed by atoms with E-state index in [1.54, 1.807) is 0 Å². The predicted molar refractivity (Wildman–Crippen MR) is 42.6 cm³/mol. The molecule has 1 heterocycles. The molecule has 2 nitrogen and oxygen atoms in total. The third-order valence-corrected chi connectivity index (χ3v) is 3.26. The summed E-state index contributed by atoms with van der Waals surface area (Å²) in [6, 6.07) is 0. The number of halogens is 3. The van der Waals surface area contributed by atoms with Crippen LogP contribution in [0.4, 0.5) is 13.2 Å². The first-order valence-electron chi connectivity index (χ1n) is 4.85. The lowest BCUT2D eigenvalue weighted by Gasteiger charge is -2.35. The number of fused-ring (bicyclic) bond motifs is 1. The second-order valence-electron chi connectivity index (χ2n) is 4.14. The van der Waals surface area contributed by atoms with Crippen molar-refractivity contribution in [3.8, 4) is 0 Å². The van der Waals surface area contributed by atoms with Gasteiger partial charge >= 0.3 is 6.18 Å². The van der Waals surface area contributed by atoms with Gasteiger partial charge in [-0.25, -0.2) is 0 Å². The highest BCUT2D eigenvalue weighted by Gasteiger charge is 2.49. The highest BCUT2D eigenvalue weighted by atomic mass is 19.4. The summed E-state index contributed by atoms with van der Waals surface area (Å²) in [7, 11) is 0. The molecule has 0 unspecified atom stereocenters. The zero-order chi connectivity index (χ0) is 10.3. The number of ether oxygens (including phenoxy) is 1. The minimum Gasteiger partial charge on any atom is -0.393 e. The van der Waals surface area contributed by atoms with Crippen molar-refractivity contribution in [1.82, 2.24) is 0 Å². The van der Waals surface area contributed by atoms with E-state index in [-0.39, 0.29) is 24.9 Å². The summed E-state index contributed by atoms with van der Waals surface area (Å²) in [6.45, 7) is 0.483. The highest BCUT2D eigenvalue weighted by Crippen LogP contribution is 2.43. The van der Waals surface area contributed by atoms with Gasteiger partial charge in [0.05, 0.1) is 18.1 Å². The Hall–Kier alpha value is -0.290. The Morgan fingerprint density at radius 1 is 1.21 bits per heavy atom. The molecule has 1 N–H and O–H groups in total. The fraction of sp³-hybridized carbons (Fsp3) is 1.00. The maximum atomic E-state index is 12.4. The topological polar surface area (TPSA) is 29.5 Å². The second kappa shape index (κ2) is 3.38. The molecule has 1 aliphatic heterocycles. The molecule has 2 rings (SSSR count). The molecule has 0 aromatic heterocycles. The van der Waals surface area contributed by atoms with Crippen LogP contribution >= 0.6 is 0 Å². The summed E-state index contributed by atoms with van der Waals surface area (Å²) in [6.07, 6.45) is -4.87. The summed E-state index contributed by atoms with van der Waals surface area (Å²) in [5.74, 6) is -1.47. The van der Waals surface area contributed by atoms with Crippen molar-refractivity contribution >= 4 is 0 Å². The van der Waals surface area contributed by atoms with Crippen LogP contribution < -0.4 is 0 Å². The molecule has 2 fully saturated rings. The SMILES string of the molecule is O[C@H]1C[C@@H](C(F)(F)F)C[C@@H]2OCC[C@@H]21. The summed E-state index contributed by atoms with van der Waals surface area (Å²) in [4.78, 5) is 0. The van der Waals surface area contributed by atoms with Crippen molar-refractivity contribution in [2.45, 2.75) is 37.6 Å². The van der Waals surface area contributed by atoms with Gasteiger partial charge in [0.25, 0.3) is 0 Å². The van der Waals surface area contributed by atoms with Gasteiger partial charge in [0.2, 0.25) is 0 Å². The fourth-order valence-corrected chi connectivity index (χ4v) is 2.46. The van der Waals surface area contributed by atoms with Crippen molar-refractivity contribution in [3.63, 3.8) is 0 Å². The maximum absolute atomic E-state index is 12.4. The van der Waals surface area contributed by atoms with Crippen LogP contribution in [-0.2, 0) is 4.74 Å². The third kappa shape index (κ3) is 1.75. The molecule has 1 aliphatic carbocycles. The van der Waals surface area contributed by atoms with Gasteiger partial charge in [0, 0.05) is 12.5 Å². The van der Waals surface area contributed by atoms with Gasteiger partial charge in [-0.1, -0.05) is 0 Å². The average molecular weight is 210 g/mol. The minimum absolute atomic E-state index is 0.0191. The average Bonchev–Trinajstić information content (AvgIpc) is 2.50. The first-order chi connectivity index (χ1) is 6.48. The second-order valence-corrected chi connectivity index (χ2v) is 4.14. The van der Waals surface area contributed by atoms with Gasteiger partial charge in [0.1, 0.15) is 0 Å². The largest absolute Gasteiger partial charge is 0.393 e. The zero-order valence-corrected chi connectivity index (χ0v) is 7.63. The number of rotatable bonds is 0. The number of hydrogen-bond acceptors (Lipinski definition) is 2. The standard InChI is InChI=1S/C9H13F3O2/c10-9(11,12)5-3-7(13)6-1-2-14-8(6)4-5/h5-8,13H,1-4H2/t5-,6-,7+,8+/m1/s1. The predicted octanol–water partition coefficient (Wildman–Crippen LogP) is 1.72. The van der Waals surface area contributed by atoms with Crippen LogP contribution in [0.3, 0.4) is 0 Å². The van der Waals surface area contributed by atoms with Crippen LogP contribution in [0.15, 0.2) is 0 Å². The molecule has 0 aromatic rings. The van der Waals surface area contributed by atoms with E-state index >= 15 is 0 Å². The van der Waals surface area contributed by atoms with Crippen LogP contribution in [0.1, 0.15) is 19.3 Å². The molecule has 0 amide bonds. The zero-order valence-electron chi connectivity index (χ0n) is 7.63. The molecule has 2 aliphatic rings. The van der Waals surface area contributed by atoms with E-state index in [9.17, 15) is 18.3 Å². The van der Waals surface area contributed by atoms with E-state index in [2.05, 4.69) is 0 Å². The maximum Gasteiger partial charge on any atom is 0.392 e. The van der Waals surface area contributed by atoms with E-state index < -0.39 is 18.2 Å². The van der Waals surface area contributed by atoms with E-state index in [0.717, 1.165) is 0 Å². The lowest BCUT2D eigenvalue weighted by atomic mass is 9.77. The van der Waals surface area contributed by atoms with E-state index in [0.29, 0.717) is 13.0 Å². The van der Waals surface area contributed by atoms with Crippen molar-refractivity contribution in [2.75, 3.05) is 6.61 Å². The normalized spacial score (nSPS) is 43.7. The molecule has 82 valence electrons. The van der Waals surface area contributed by atoms with Gasteiger partial charge in [-0.2, -0.15) is 13.2 Å². The first-order valence-corrected chi connectivity index (χ1v) is 4.85. The van der Waals surface area contributed by atoms with Gasteiger partial charge in [-0.15, -0.1) is 0 Å². The van der Waals surface area contributed by atoms with Crippen molar-refractivity contribution in [2.24, 2.45) is 11.8 Å². The van der Waals surface area contributed by atoms with Crippen molar-refractivity contribution in [1.29, 1.82) is 0 Å². The highest BCUT2D eigenvalue weighted by molar-refractivity contribution is 4.92. The molecule has 1 saturated heterocycles. The summed E-state index contributed by atoms with van der Waals surface area (Å²) in [5, 5.41) is 9.53. The minimum atomic E-state index is -4.20. The molecular weight excluding hydrogens is 197 g/mol. The number of hydrogen-bond donors (Lipinski definition) is 1. The molecule has 0 aromatic carbocycles. The Balaban J connectivity index is 2.06. The van der Waals surface area contributed by atoms with Crippen molar-refractivity contribution in [3.05, 3.63) is 0 Å². The molecule has 4 atom stereocenters. The van der Waals surface area contributed by atoms with Gasteiger partial charge in [-0.05, 0) is 19.3 Å². The summed E-state index contributed by atoms with van der Waals surface area (Å²) in [5.41, 5.74) is 0. The number of aliphatic hydroxyl groups excluding tert-OH is 1. The molecular formula is C9H13F3O2. The Morgan fingerprint density at radius 2 is 1.93 bits per heavy atom. The quantitative estimate of drug-likeness (QED) is 0.659. The lowest BCUT2D eigenvalue weighted by molar-refractivity contribution is -0.203. The molecule has 0 spiro atoms. The smallest absolute Gasteiger partial charge is 0.392 e. The van der Waals surface area contributed by atoms with Gasteiger partial charge in [0.15, 0.2) is 0 Å². The molecule has 1 saturated carbocycles. The Morgan fingerprint density at radius 3 is 2.57 bits per heavy atom. The van der Waals surface area contributed by atoms with Crippen LogP contribution in [0.5, 0.6) is 0 Å². The first kappa shape index (κ1) is 10.2. The fourth-order valence-electron chi connectivity index (χ4n) is 2.46. The third-order valence-electron chi connectivity index (χ3n) is 3.26. The monoisotopic (exact) mass is 210 g/mol. The van der Waals surface area contributed by atoms with E-state index in [4.69, 9.17) is 4.74 Å². The molecule has 0 bridgehead atoms. The van der Waals surface area contributed by atoms with Crippen molar-refractivity contribution < 1.29 is 23.0 Å². The number of alkyl halides is 3. The summed E-state index contributed by atoms with van der Waals surface area (Å²) >= 11 is 0. The molecule has 0 radical (unpaired) electrons. The van der Waals surface area contributed by atoms with Gasteiger partial charge < -0.3 is 9.84 Å². The van der Waals surface area contributed by atoms with Crippen LogP contribution in [0.25, 0.3) is 0 Å². The van der Waals surface area contributed by atoms with Crippen LogP contribution in [-0.4, -0.2) is 30.1 Å². The van der Waals surface area contributed by atoms with Gasteiger partial charge in [-0.3, -0.25) is 0 Å². The Kier molecular flexibility index (Phi) is 2.47. The van der Waals surface area contributed by atoms with E-state index in [1.807, 2.05) is 0 Å². The van der Waals surface area contributed by atoms with E-state index in [1.165, 1.54) is 0 Å². The summed E-state index contributed by atoms with van der Waals surface area (Å²) < 4.78 is 42.4. The van der Waals surface area contributed by atoms with Crippen LogP contribution in [0.2, 0.25) is 0 Å². The Labute approximate surface area is 80.1 Å². The lowest BCUT2D eigenvalue weighted by Crippen LogP contribution is -2.42. The number of aliphatic hydroxyl groups is 1.